The van der Waals surface area contributed by atoms with Crippen molar-refractivity contribution in [2.24, 2.45) is 0 Å². The van der Waals surface area contributed by atoms with Crippen molar-refractivity contribution < 1.29 is 13.9 Å². The normalized spacial score (nSPS) is 11.6. The Labute approximate surface area is 104 Å². The first-order chi connectivity index (χ1) is 8.08. The molecule has 1 atom stereocenters. The summed E-state index contributed by atoms with van der Waals surface area (Å²) in [5.41, 5.74) is 0.372. The number of carbonyl (C=O) groups excluding carboxylic acids is 1. The average molecular weight is 256 g/mol. The van der Waals surface area contributed by atoms with E-state index in [9.17, 15) is 9.18 Å². The van der Waals surface area contributed by atoms with Gasteiger partial charge in [0.05, 0.1) is 13.7 Å². The molecule has 0 saturated carbocycles. The topological polar surface area (TPSA) is 38.3 Å². The molecule has 0 fully saturated rings. The molecule has 1 N–H and O–H groups in total. The van der Waals surface area contributed by atoms with Gasteiger partial charge in [0.25, 0.3) is 0 Å². The number of nitrogens with one attached hydrogen (secondary N) is 1. The summed E-state index contributed by atoms with van der Waals surface area (Å²) in [5, 5.41) is 2.96. The van der Waals surface area contributed by atoms with Crippen molar-refractivity contribution >= 4 is 17.6 Å². The van der Waals surface area contributed by atoms with E-state index in [0.717, 1.165) is 6.07 Å². The highest BCUT2D eigenvalue weighted by atomic mass is 35.5. The fraction of sp³-hybridized carbons (Fsp3) is 0.250. The highest BCUT2D eigenvalue weighted by molar-refractivity contribution is 6.30. The molecule has 0 aromatic heterocycles. The number of rotatable bonds is 4. The predicted octanol–water partition coefficient (Wildman–Crippen LogP) is 1.92. The summed E-state index contributed by atoms with van der Waals surface area (Å²) in [5.74, 6) is 1.25. The van der Waals surface area contributed by atoms with Crippen LogP contribution in [-0.4, -0.2) is 19.6 Å². The quantitative estimate of drug-likeness (QED) is 0.660. The van der Waals surface area contributed by atoms with Crippen LogP contribution in [0.2, 0.25) is 5.02 Å². The van der Waals surface area contributed by atoms with Crippen LogP contribution in [0.25, 0.3) is 0 Å². The number of benzene rings is 1. The lowest BCUT2D eigenvalue weighted by molar-refractivity contribution is -0.143. The molecule has 0 radical (unpaired) electrons. The summed E-state index contributed by atoms with van der Waals surface area (Å²) >= 11 is 5.72. The van der Waals surface area contributed by atoms with Crippen LogP contribution in [0, 0.1) is 18.2 Å². The smallest absolute Gasteiger partial charge is 0.327 e. The van der Waals surface area contributed by atoms with Gasteiger partial charge in [0.15, 0.2) is 0 Å². The van der Waals surface area contributed by atoms with Crippen molar-refractivity contribution in [1.82, 2.24) is 5.32 Å². The van der Waals surface area contributed by atoms with Gasteiger partial charge in [-0.25, -0.2) is 9.18 Å². The lowest BCUT2D eigenvalue weighted by Crippen LogP contribution is -2.30. The van der Waals surface area contributed by atoms with Gasteiger partial charge >= 0.3 is 5.97 Å². The van der Waals surface area contributed by atoms with Crippen LogP contribution in [-0.2, 0) is 9.53 Å². The Kier molecular flexibility index (Phi) is 4.95. The van der Waals surface area contributed by atoms with Crippen molar-refractivity contribution in [3.63, 3.8) is 0 Å². The van der Waals surface area contributed by atoms with Crippen molar-refractivity contribution in [3.05, 3.63) is 34.6 Å². The molecule has 0 spiro atoms. The number of carbonyl (C=O) groups is 1. The highest BCUT2D eigenvalue weighted by Crippen LogP contribution is 2.20. The number of hydrogen-bond acceptors (Lipinski definition) is 3. The fourth-order valence-corrected chi connectivity index (χ4v) is 1.59. The summed E-state index contributed by atoms with van der Waals surface area (Å²) in [6.45, 7) is 0.161. The predicted molar refractivity (Wildman–Crippen MR) is 63.0 cm³/mol. The molecule has 1 unspecified atom stereocenters. The molecule has 1 aromatic carbocycles. The molecular formula is C12H11ClFNO2. The van der Waals surface area contributed by atoms with Gasteiger partial charge in [0, 0.05) is 5.02 Å². The Morgan fingerprint density at radius 1 is 1.65 bits per heavy atom. The first-order valence-electron chi connectivity index (χ1n) is 4.79. The van der Waals surface area contributed by atoms with Crippen LogP contribution < -0.4 is 5.32 Å². The van der Waals surface area contributed by atoms with Crippen LogP contribution in [0.1, 0.15) is 11.6 Å². The van der Waals surface area contributed by atoms with E-state index < -0.39 is 17.8 Å². The lowest BCUT2D eigenvalue weighted by Gasteiger charge is -2.15. The Morgan fingerprint density at radius 3 is 2.88 bits per heavy atom. The zero-order valence-corrected chi connectivity index (χ0v) is 9.92. The van der Waals surface area contributed by atoms with Crippen molar-refractivity contribution in [1.29, 1.82) is 0 Å². The first-order valence-corrected chi connectivity index (χ1v) is 5.17. The van der Waals surface area contributed by atoms with Crippen LogP contribution in [0.3, 0.4) is 0 Å². The highest BCUT2D eigenvalue weighted by Gasteiger charge is 2.21. The Bertz CT molecular complexity index is 436. The molecule has 1 aromatic rings. The number of terminal acetylenes is 1. The van der Waals surface area contributed by atoms with Crippen molar-refractivity contribution in [2.45, 2.75) is 6.04 Å². The second-order valence-corrected chi connectivity index (χ2v) is 3.68. The van der Waals surface area contributed by atoms with Gasteiger partial charge in [-0.15, -0.1) is 6.42 Å². The number of esters is 1. The van der Waals surface area contributed by atoms with E-state index in [2.05, 4.69) is 16.0 Å². The Balaban J connectivity index is 3.03. The second-order valence-electron chi connectivity index (χ2n) is 3.24. The van der Waals surface area contributed by atoms with Gasteiger partial charge in [0.2, 0.25) is 0 Å². The van der Waals surface area contributed by atoms with E-state index in [4.69, 9.17) is 18.0 Å². The van der Waals surface area contributed by atoms with E-state index in [1.807, 2.05) is 0 Å². The van der Waals surface area contributed by atoms with Gasteiger partial charge in [0.1, 0.15) is 11.9 Å². The third kappa shape index (κ3) is 3.74. The molecule has 5 heteroatoms. The van der Waals surface area contributed by atoms with Crippen molar-refractivity contribution in [2.75, 3.05) is 13.7 Å². The molecule has 3 nitrogen and oxygen atoms in total. The molecule has 90 valence electrons. The molecule has 0 aliphatic rings. The van der Waals surface area contributed by atoms with E-state index in [1.165, 1.54) is 19.2 Å². The minimum Gasteiger partial charge on any atom is -0.468 e. The lowest BCUT2D eigenvalue weighted by atomic mass is 10.1. The minimum absolute atomic E-state index is 0.161. The summed E-state index contributed by atoms with van der Waals surface area (Å²) in [6, 6.07) is 3.01. The zero-order valence-electron chi connectivity index (χ0n) is 9.17. The maximum atomic E-state index is 13.2. The summed E-state index contributed by atoms with van der Waals surface area (Å²) < 4.78 is 17.8. The summed E-state index contributed by atoms with van der Waals surface area (Å²) in [6.07, 6.45) is 5.09. The van der Waals surface area contributed by atoms with Gasteiger partial charge in [-0.1, -0.05) is 17.5 Å². The Morgan fingerprint density at radius 2 is 2.35 bits per heavy atom. The summed E-state index contributed by atoms with van der Waals surface area (Å²) in [4.78, 5) is 11.5. The maximum absolute atomic E-state index is 13.2. The fourth-order valence-electron chi connectivity index (χ4n) is 1.36. The molecule has 0 aliphatic carbocycles. The molecule has 0 aliphatic heterocycles. The molecule has 0 bridgehead atoms. The SMILES string of the molecule is C#CCNC(C(=O)OC)c1cc(F)cc(Cl)c1. The minimum atomic E-state index is -0.829. The average Bonchev–Trinajstić information content (AvgIpc) is 2.28. The molecule has 0 heterocycles. The monoisotopic (exact) mass is 255 g/mol. The molecule has 0 amide bonds. The van der Waals surface area contributed by atoms with E-state index >= 15 is 0 Å². The third-order valence-electron chi connectivity index (χ3n) is 2.06. The molecule has 0 saturated heterocycles. The zero-order chi connectivity index (χ0) is 12.8. The first kappa shape index (κ1) is 13.5. The van der Waals surface area contributed by atoms with Crippen LogP contribution in [0.15, 0.2) is 18.2 Å². The number of hydrogen-bond donors (Lipinski definition) is 1. The van der Waals surface area contributed by atoms with E-state index in [-0.39, 0.29) is 11.6 Å². The van der Waals surface area contributed by atoms with E-state index in [0.29, 0.717) is 5.56 Å². The van der Waals surface area contributed by atoms with E-state index in [1.54, 1.807) is 0 Å². The van der Waals surface area contributed by atoms with Gasteiger partial charge < -0.3 is 4.74 Å². The molecule has 17 heavy (non-hydrogen) atoms. The number of halogens is 2. The molecular weight excluding hydrogens is 245 g/mol. The van der Waals surface area contributed by atoms with Gasteiger partial charge in [-0.05, 0) is 23.8 Å². The van der Waals surface area contributed by atoms with Crippen LogP contribution in [0.5, 0.6) is 0 Å². The standard InChI is InChI=1S/C12H11ClFNO2/c1-3-4-15-11(12(16)17-2)8-5-9(13)7-10(14)6-8/h1,5-7,11,15H,4H2,2H3. The van der Waals surface area contributed by atoms with Crippen LogP contribution >= 0.6 is 11.6 Å². The van der Waals surface area contributed by atoms with Crippen molar-refractivity contribution in [3.8, 4) is 12.3 Å². The van der Waals surface area contributed by atoms with Gasteiger partial charge in [-0.3, -0.25) is 5.32 Å². The summed E-state index contributed by atoms with van der Waals surface area (Å²) in [7, 11) is 1.24. The second kappa shape index (κ2) is 6.24. The number of methoxy groups -OCH3 is 1. The largest absolute Gasteiger partial charge is 0.468 e. The Hall–Kier alpha value is -1.57. The maximum Gasteiger partial charge on any atom is 0.327 e. The third-order valence-corrected chi connectivity index (χ3v) is 2.28. The van der Waals surface area contributed by atoms with Gasteiger partial charge in [-0.2, -0.15) is 0 Å². The van der Waals surface area contributed by atoms with Crippen LogP contribution in [0.4, 0.5) is 4.39 Å². The number of ether oxygens (including phenoxy) is 1. The molecule has 1 rings (SSSR count).